The van der Waals surface area contributed by atoms with E-state index in [-0.39, 0.29) is 11.8 Å². The highest BCUT2D eigenvalue weighted by atomic mass is 16.2. The van der Waals surface area contributed by atoms with Crippen molar-refractivity contribution in [3.8, 4) is 0 Å². The lowest BCUT2D eigenvalue weighted by Crippen LogP contribution is -2.46. The molecule has 3 N–H and O–H groups in total. The number of imidazole rings is 1. The number of para-hydroxylation sites is 2. The zero-order valence-electron chi connectivity index (χ0n) is 12.7. The Kier molecular flexibility index (Phi) is 3.97. The van der Waals surface area contributed by atoms with Crippen molar-refractivity contribution in [2.75, 3.05) is 5.32 Å². The molecule has 1 heterocycles. The molecule has 21 heavy (non-hydrogen) atoms. The van der Waals surface area contributed by atoms with E-state index in [0.717, 1.165) is 11.0 Å². The van der Waals surface area contributed by atoms with E-state index in [1.165, 1.54) is 0 Å². The molecule has 112 valence electrons. The number of anilines is 1. The van der Waals surface area contributed by atoms with E-state index in [1.807, 2.05) is 24.3 Å². The SMILES string of the molecule is C[C@H](NC(=O)C(C)(C)C)C(=O)Nc1nc2ccccc2[nH]1. The van der Waals surface area contributed by atoms with Crippen LogP contribution >= 0.6 is 0 Å². The fraction of sp³-hybridized carbons (Fsp3) is 0.400. The third-order valence-electron chi connectivity index (χ3n) is 3.05. The molecule has 1 aromatic carbocycles. The molecular weight excluding hydrogens is 268 g/mol. The second-order valence-electron chi connectivity index (χ2n) is 6.04. The molecule has 0 spiro atoms. The quantitative estimate of drug-likeness (QED) is 0.808. The van der Waals surface area contributed by atoms with E-state index >= 15 is 0 Å². The van der Waals surface area contributed by atoms with Crippen molar-refractivity contribution in [2.45, 2.75) is 33.7 Å². The molecule has 6 heteroatoms. The van der Waals surface area contributed by atoms with Crippen LogP contribution in [0.2, 0.25) is 0 Å². The molecule has 0 saturated carbocycles. The molecule has 0 radical (unpaired) electrons. The topological polar surface area (TPSA) is 86.9 Å². The van der Waals surface area contributed by atoms with E-state index in [2.05, 4.69) is 20.6 Å². The van der Waals surface area contributed by atoms with Crippen molar-refractivity contribution < 1.29 is 9.59 Å². The monoisotopic (exact) mass is 288 g/mol. The summed E-state index contributed by atoms with van der Waals surface area (Å²) in [6.45, 7) is 7.03. The summed E-state index contributed by atoms with van der Waals surface area (Å²) in [6, 6.07) is 6.86. The summed E-state index contributed by atoms with van der Waals surface area (Å²) in [7, 11) is 0. The van der Waals surface area contributed by atoms with Crippen molar-refractivity contribution in [1.82, 2.24) is 15.3 Å². The Bertz CT molecular complexity index is 637. The van der Waals surface area contributed by atoms with Crippen LogP contribution in [-0.4, -0.2) is 27.8 Å². The number of hydrogen-bond donors (Lipinski definition) is 3. The molecule has 6 nitrogen and oxygen atoms in total. The van der Waals surface area contributed by atoms with Gasteiger partial charge in [0.1, 0.15) is 6.04 Å². The van der Waals surface area contributed by atoms with Crippen LogP contribution in [0.3, 0.4) is 0 Å². The number of H-pyrrole nitrogens is 1. The van der Waals surface area contributed by atoms with Gasteiger partial charge in [-0.05, 0) is 19.1 Å². The normalized spacial score (nSPS) is 13.0. The van der Waals surface area contributed by atoms with Crippen molar-refractivity contribution in [1.29, 1.82) is 0 Å². The maximum atomic E-state index is 12.1. The lowest BCUT2D eigenvalue weighted by atomic mass is 9.95. The molecule has 0 aliphatic rings. The van der Waals surface area contributed by atoms with Crippen LogP contribution in [0.5, 0.6) is 0 Å². The van der Waals surface area contributed by atoms with Gasteiger partial charge in [0.25, 0.3) is 0 Å². The summed E-state index contributed by atoms with van der Waals surface area (Å²) in [6.07, 6.45) is 0. The Labute approximate surface area is 123 Å². The van der Waals surface area contributed by atoms with Gasteiger partial charge in [-0.1, -0.05) is 32.9 Å². The minimum absolute atomic E-state index is 0.172. The fourth-order valence-corrected chi connectivity index (χ4v) is 1.72. The summed E-state index contributed by atoms with van der Waals surface area (Å²) in [5.41, 5.74) is 1.09. The summed E-state index contributed by atoms with van der Waals surface area (Å²) in [5.74, 6) is -0.112. The highest BCUT2D eigenvalue weighted by Crippen LogP contribution is 2.14. The molecular formula is C15H20N4O2. The molecule has 0 unspecified atom stereocenters. The smallest absolute Gasteiger partial charge is 0.248 e. The minimum atomic E-state index is -0.634. The Hall–Kier alpha value is -2.37. The zero-order chi connectivity index (χ0) is 15.6. The van der Waals surface area contributed by atoms with Crippen LogP contribution in [0.1, 0.15) is 27.7 Å². The second kappa shape index (κ2) is 5.55. The number of carbonyl (C=O) groups is 2. The number of aromatic amines is 1. The minimum Gasteiger partial charge on any atom is -0.344 e. The maximum absolute atomic E-state index is 12.1. The number of nitrogens with zero attached hydrogens (tertiary/aromatic N) is 1. The first kappa shape index (κ1) is 15.0. The number of rotatable bonds is 3. The van der Waals surface area contributed by atoms with Crippen LogP contribution in [0, 0.1) is 5.41 Å². The van der Waals surface area contributed by atoms with Gasteiger partial charge in [0.05, 0.1) is 11.0 Å². The van der Waals surface area contributed by atoms with Crippen LogP contribution < -0.4 is 10.6 Å². The Morgan fingerprint density at radius 3 is 2.52 bits per heavy atom. The Morgan fingerprint density at radius 1 is 1.24 bits per heavy atom. The summed E-state index contributed by atoms with van der Waals surface area (Å²) < 4.78 is 0. The first-order chi connectivity index (χ1) is 9.77. The average molecular weight is 288 g/mol. The molecule has 0 bridgehead atoms. The van der Waals surface area contributed by atoms with Gasteiger partial charge in [-0.3, -0.25) is 14.9 Å². The largest absolute Gasteiger partial charge is 0.344 e. The third-order valence-corrected chi connectivity index (χ3v) is 3.05. The van der Waals surface area contributed by atoms with Gasteiger partial charge >= 0.3 is 0 Å². The number of benzene rings is 1. The Balaban J connectivity index is 2.02. The molecule has 2 aromatic rings. The first-order valence-corrected chi connectivity index (χ1v) is 6.84. The van der Waals surface area contributed by atoms with Gasteiger partial charge in [-0.25, -0.2) is 4.98 Å². The number of nitrogens with one attached hydrogen (secondary N) is 3. The van der Waals surface area contributed by atoms with Crippen molar-refractivity contribution in [3.05, 3.63) is 24.3 Å². The van der Waals surface area contributed by atoms with Gasteiger partial charge in [-0.2, -0.15) is 0 Å². The molecule has 2 amide bonds. The van der Waals surface area contributed by atoms with Gasteiger partial charge in [-0.15, -0.1) is 0 Å². The standard InChI is InChI=1S/C15H20N4O2/c1-9(16-13(21)15(2,3)4)12(20)19-14-17-10-7-5-6-8-11(10)18-14/h5-9H,1-4H3,(H,16,21)(H2,17,18,19,20)/t9-/m0/s1. The van der Waals surface area contributed by atoms with Crippen LogP contribution in [0.25, 0.3) is 11.0 Å². The number of fused-ring (bicyclic) bond motifs is 1. The third kappa shape index (κ3) is 3.59. The van der Waals surface area contributed by atoms with Crippen molar-refractivity contribution in [3.63, 3.8) is 0 Å². The van der Waals surface area contributed by atoms with Crippen molar-refractivity contribution >= 4 is 28.8 Å². The molecule has 2 rings (SSSR count). The van der Waals surface area contributed by atoms with E-state index in [1.54, 1.807) is 27.7 Å². The van der Waals surface area contributed by atoms with E-state index < -0.39 is 11.5 Å². The predicted molar refractivity (Wildman–Crippen MR) is 81.8 cm³/mol. The highest BCUT2D eigenvalue weighted by molar-refractivity contribution is 5.97. The fourth-order valence-electron chi connectivity index (χ4n) is 1.72. The maximum Gasteiger partial charge on any atom is 0.248 e. The number of carbonyl (C=O) groups excluding carboxylic acids is 2. The molecule has 0 aliphatic heterocycles. The van der Waals surface area contributed by atoms with Crippen LogP contribution in [0.4, 0.5) is 5.95 Å². The molecule has 1 aromatic heterocycles. The summed E-state index contributed by atoms with van der Waals surface area (Å²) in [4.78, 5) is 31.2. The molecule has 0 aliphatic carbocycles. The zero-order valence-corrected chi connectivity index (χ0v) is 12.7. The van der Waals surface area contributed by atoms with Crippen LogP contribution in [-0.2, 0) is 9.59 Å². The number of amides is 2. The average Bonchev–Trinajstić information content (AvgIpc) is 2.79. The van der Waals surface area contributed by atoms with E-state index in [4.69, 9.17) is 0 Å². The highest BCUT2D eigenvalue weighted by Gasteiger charge is 2.25. The van der Waals surface area contributed by atoms with Gasteiger partial charge in [0.2, 0.25) is 17.8 Å². The lowest BCUT2D eigenvalue weighted by Gasteiger charge is -2.21. The number of hydrogen-bond acceptors (Lipinski definition) is 3. The van der Waals surface area contributed by atoms with E-state index in [9.17, 15) is 9.59 Å². The van der Waals surface area contributed by atoms with E-state index in [0.29, 0.717) is 5.95 Å². The molecule has 0 saturated heterocycles. The predicted octanol–water partition coefficient (Wildman–Crippen LogP) is 2.05. The summed E-state index contributed by atoms with van der Waals surface area (Å²) >= 11 is 0. The summed E-state index contributed by atoms with van der Waals surface area (Å²) in [5, 5.41) is 5.35. The number of aromatic nitrogens is 2. The molecule has 0 fully saturated rings. The second-order valence-corrected chi connectivity index (χ2v) is 6.04. The van der Waals surface area contributed by atoms with Crippen molar-refractivity contribution in [2.24, 2.45) is 5.41 Å². The first-order valence-electron chi connectivity index (χ1n) is 6.84. The van der Waals surface area contributed by atoms with Gasteiger partial charge in [0.15, 0.2) is 0 Å². The Morgan fingerprint density at radius 2 is 1.90 bits per heavy atom. The van der Waals surface area contributed by atoms with Gasteiger partial charge < -0.3 is 10.3 Å². The molecule has 1 atom stereocenters. The van der Waals surface area contributed by atoms with Gasteiger partial charge in [0, 0.05) is 5.41 Å². The lowest BCUT2D eigenvalue weighted by molar-refractivity contribution is -0.131. The van der Waals surface area contributed by atoms with Crippen LogP contribution in [0.15, 0.2) is 24.3 Å².